The summed E-state index contributed by atoms with van der Waals surface area (Å²) in [5, 5.41) is 29.1. The standard InChI is InChI=1S/C23H22ClN5O3S/c24-23(28-11-13-33-14-12-28)17-18(15-7-3-1-4-8-15)27-29(21(30)22(31)32)20(17)26-25-19(23)16-9-5-2-6-10-16/h1-10,22,27,31-32H,11-14H2. The molecule has 2 aromatic rings. The van der Waals surface area contributed by atoms with Crippen molar-refractivity contribution in [1.82, 2.24) is 15.3 Å². The number of aliphatic hydroxyl groups is 2. The second-order valence-electron chi connectivity index (χ2n) is 7.73. The minimum Gasteiger partial charge on any atom is -0.361 e. The summed E-state index contributed by atoms with van der Waals surface area (Å²) in [6.07, 6.45) is -2.22. The fourth-order valence-corrected chi connectivity index (χ4v) is 5.65. The van der Waals surface area contributed by atoms with Crippen LogP contribution in [-0.2, 0) is 4.79 Å². The van der Waals surface area contributed by atoms with Crippen molar-refractivity contribution in [2.24, 2.45) is 10.2 Å². The van der Waals surface area contributed by atoms with Crippen LogP contribution >= 0.6 is 23.4 Å². The number of hydrogen-bond donors (Lipinski definition) is 3. The molecule has 2 aromatic carbocycles. The van der Waals surface area contributed by atoms with Gasteiger partial charge in [0.1, 0.15) is 5.71 Å². The Hall–Kier alpha value is -2.69. The predicted octanol–water partition coefficient (Wildman–Crippen LogP) is 1.86. The molecule has 0 saturated carbocycles. The highest BCUT2D eigenvalue weighted by molar-refractivity contribution is 7.99. The van der Waals surface area contributed by atoms with Crippen molar-refractivity contribution in [1.29, 1.82) is 0 Å². The Labute approximate surface area is 200 Å². The van der Waals surface area contributed by atoms with E-state index in [4.69, 9.17) is 11.6 Å². The number of amidine groups is 1. The number of carbonyl (C=O) groups is 1. The lowest BCUT2D eigenvalue weighted by molar-refractivity contribution is -0.156. The molecular weight excluding hydrogens is 462 g/mol. The molecule has 8 nitrogen and oxygen atoms in total. The largest absolute Gasteiger partial charge is 0.361 e. The topological polar surface area (TPSA) is 101 Å². The first kappa shape index (κ1) is 22.1. The monoisotopic (exact) mass is 483 g/mol. The maximum absolute atomic E-state index is 12.7. The Morgan fingerprint density at radius 3 is 2.21 bits per heavy atom. The first-order valence-electron chi connectivity index (χ1n) is 10.5. The quantitative estimate of drug-likeness (QED) is 0.348. The number of aliphatic hydroxyl groups excluding tert-OH is 1. The van der Waals surface area contributed by atoms with Crippen molar-refractivity contribution in [2.45, 2.75) is 11.3 Å². The number of amides is 1. The van der Waals surface area contributed by atoms with Crippen molar-refractivity contribution < 1.29 is 15.0 Å². The highest BCUT2D eigenvalue weighted by Crippen LogP contribution is 2.44. The summed E-state index contributed by atoms with van der Waals surface area (Å²) in [5.41, 5.74) is 6.31. The van der Waals surface area contributed by atoms with Gasteiger partial charge in [-0.2, -0.15) is 16.8 Å². The van der Waals surface area contributed by atoms with E-state index < -0.39 is 17.2 Å². The molecule has 170 valence electrons. The van der Waals surface area contributed by atoms with Crippen molar-refractivity contribution in [3.63, 3.8) is 0 Å². The fraction of sp³-hybridized carbons (Fsp3) is 0.261. The molecule has 3 aliphatic rings. The maximum atomic E-state index is 12.7. The van der Waals surface area contributed by atoms with E-state index in [1.54, 1.807) is 0 Å². The number of nitrogens with zero attached hydrogens (tertiary/aromatic N) is 4. The van der Waals surface area contributed by atoms with Crippen LogP contribution in [0.4, 0.5) is 0 Å². The van der Waals surface area contributed by atoms with Gasteiger partial charge in [0.15, 0.2) is 10.8 Å². The van der Waals surface area contributed by atoms with E-state index in [9.17, 15) is 15.0 Å². The first-order valence-corrected chi connectivity index (χ1v) is 12.1. The third-order valence-electron chi connectivity index (χ3n) is 5.80. The van der Waals surface area contributed by atoms with Crippen LogP contribution < -0.4 is 5.43 Å². The van der Waals surface area contributed by atoms with Crippen molar-refractivity contribution in [3.8, 4) is 0 Å². The van der Waals surface area contributed by atoms with Gasteiger partial charge in [-0.05, 0) is 5.56 Å². The van der Waals surface area contributed by atoms with Crippen molar-refractivity contribution >= 4 is 46.5 Å². The number of hydrogen-bond acceptors (Lipinski definition) is 8. The van der Waals surface area contributed by atoms with Gasteiger partial charge in [-0.3, -0.25) is 15.1 Å². The van der Waals surface area contributed by atoms with Gasteiger partial charge in [0.25, 0.3) is 0 Å². The van der Waals surface area contributed by atoms with Gasteiger partial charge < -0.3 is 10.2 Å². The van der Waals surface area contributed by atoms with Crippen LogP contribution in [0.3, 0.4) is 0 Å². The molecule has 33 heavy (non-hydrogen) atoms. The molecule has 10 heteroatoms. The summed E-state index contributed by atoms with van der Waals surface area (Å²) < 4.78 is 0. The molecule has 1 fully saturated rings. The maximum Gasteiger partial charge on any atom is 0.303 e. The lowest BCUT2D eigenvalue weighted by atomic mass is 9.89. The molecule has 0 radical (unpaired) electrons. The highest BCUT2D eigenvalue weighted by atomic mass is 35.5. The number of hydrazine groups is 1. The molecule has 0 aliphatic carbocycles. The van der Waals surface area contributed by atoms with Gasteiger partial charge in [-0.1, -0.05) is 72.3 Å². The Balaban J connectivity index is 1.75. The molecule has 0 bridgehead atoms. The van der Waals surface area contributed by atoms with E-state index in [0.29, 0.717) is 17.0 Å². The minimum atomic E-state index is -2.22. The van der Waals surface area contributed by atoms with Crippen LogP contribution in [0.1, 0.15) is 11.1 Å². The second-order valence-corrected chi connectivity index (χ2v) is 9.51. The molecule has 0 aromatic heterocycles. The van der Waals surface area contributed by atoms with Gasteiger partial charge in [-0.15, -0.1) is 10.2 Å². The summed E-state index contributed by atoms with van der Waals surface area (Å²) in [6, 6.07) is 19.1. The summed E-state index contributed by atoms with van der Waals surface area (Å²) >= 11 is 9.45. The molecule has 3 N–H and O–H groups in total. The number of fused-ring (bicyclic) bond motifs is 1. The van der Waals surface area contributed by atoms with E-state index in [1.165, 1.54) is 0 Å². The van der Waals surface area contributed by atoms with Crippen molar-refractivity contribution in [2.75, 3.05) is 24.6 Å². The third kappa shape index (κ3) is 3.75. The zero-order chi connectivity index (χ0) is 23.0. The van der Waals surface area contributed by atoms with E-state index >= 15 is 0 Å². The molecule has 3 heterocycles. The van der Waals surface area contributed by atoms with E-state index in [0.717, 1.165) is 40.7 Å². The Kier molecular flexibility index (Phi) is 5.98. The number of alkyl halides is 1. The van der Waals surface area contributed by atoms with E-state index in [-0.39, 0.29) is 5.84 Å². The number of carbonyl (C=O) groups excluding carboxylic acids is 1. The van der Waals surface area contributed by atoms with Crippen molar-refractivity contribution in [3.05, 3.63) is 77.4 Å². The van der Waals surface area contributed by atoms with Gasteiger partial charge in [0.05, 0.1) is 11.3 Å². The summed E-state index contributed by atoms with van der Waals surface area (Å²) in [4.78, 5) is 13.6. The number of benzene rings is 2. The summed E-state index contributed by atoms with van der Waals surface area (Å²) in [7, 11) is 0. The smallest absolute Gasteiger partial charge is 0.303 e. The normalized spacial score (nSPS) is 23.2. The predicted molar refractivity (Wildman–Crippen MR) is 129 cm³/mol. The SMILES string of the molecule is O=C(C(O)O)N1NC(c2ccccc2)=C2C1=NN=C(c1ccccc1)C2(Cl)N1CCSCC1. The zero-order valence-electron chi connectivity index (χ0n) is 17.6. The fourth-order valence-electron chi connectivity index (χ4n) is 4.25. The van der Waals surface area contributed by atoms with Crippen LogP contribution in [0, 0.1) is 0 Å². The van der Waals surface area contributed by atoms with Gasteiger partial charge in [0, 0.05) is 30.2 Å². The molecule has 1 amide bonds. The number of rotatable bonds is 4. The van der Waals surface area contributed by atoms with E-state index in [2.05, 4.69) is 20.5 Å². The molecule has 1 unspecified atom stereocenters. The molecule has 1 saturated heterocycles. The van der Waals surface area contributed by atoms with Crippen LogP contribution in [-0.4, -0.2) is 73.5 Å². The summed E-state index contributed by atoms with van der Waals surface area (Å²) in [6.45, 7) is 1.44. The Morgan fingerprint density at radius 2 is 1.61 bits per heavy atom. The van der Waals surface area contributed by atoms with E-state index in [1.807, 2.05) is 72.4 Å². The van der Waals surface area contributed by atoms with Crippen LogP contribution in [0.2, 0.25) is 0 Å². The first-order chi connectivity index (χ1) is 16.0. The van der Waals surface area contributed by atoms with Crippen LogP contribution in [0.5, 0.6) is 0 Å². The highest BCUT2D eigenvalue weighted by Gasteiger charge is 2.54. The van der Waals surface area contributed by atoms with Gasteiger partial charge in [-0.25, -0.2) is 0 Å². The molecular formula is C23H22ClN5O3S. The Bertz CT molecular complexity index is 1150. The lowest BCUT2D eigenvalue weighted by Gasteiger charge is -2.43. The number of halogens is 1. The van der Waals surface area contributed by atoms with Crippen LogP contribution in [0.25, 0.3) is 5.70 Å². The van der Waals surface area contributed by atoms with Crippen LogP contribution in [0.15, 0.2) is 76.4 Å². The summed E-state index contributed by atoms with van der Waals surface area (Å²) in [5.74, 6) is 0.994. The number of nitrogens with one attached hydrogen (secondary N) is 1. The second kappa shape index (κ2) is 8.92. The van der Waals surface area contributed by atoms with Gasteiger partial charge >= 0.3 is 5.91 Å². The molecule has 0 spiro atoms. The van der Waals surface area contributed by atoms with Gasteiger partial charge in [0.2, 0.25) is 6.29 Å². The molecule has 1 atom stereocenters. The lowest BCUT2D eigenvalue weighted by Crippen LogP contribution is -2.58. The average molecular weight is 484 g/mol. The Morgan fingerprint density at radius 1 is 1.00 bits per heavy atom. The third-order valence-corrected chi connectivity index (χ3v) is 7.35. The minimum absolute atomic E-state index is 0.153. The average Bonchev–Trinajstić information content (AvgIpc) is 3.26. The number of thioether (sulfide) groups is 1. The zero-order valence-corrected chi connectivity index (χ0v) is 19.1. The molecule has 5 rings (SSSR count). The molecule has 3 aliphatic heterocycles.